The molecule has 2 aromatic heterocycles. The van der Waals surface area contributed by atoms with Gasteiger partial charge < -0.3 is 9.88 Å². The Balaban J connectivity index is 1.60. The predicted octanol–water partition coefficient (Wildman–Crippen LogP) is 4.69. The van der Waals surface area contributed by atoms with Crippen molar-refractivity contribution in [3.05, 3.63) is 70.5 Å². The van der Waals surface area contributed by atoms with Crippen LogP contribution in [0.25, 0.3) is 5.13 Å². The number of nitrogens with one attached hydrogen (secondary N) is 1. The van der Waals surface area contributed by atoms with Crippen LogP contribution in [0.1, 0.15) is 58.7 Å². The molecule has 1 amide bonds. The molecule has 0 fully saturated rings. The van der Waals surface area contributed by atoms with E-state index in [2.05, 4.69) is 36.5 Å². The molecule has 5 heteroatoms. The summed E-state index contributed by atoms with van der Waals surface area (Å²) < 4.78 is 1.97. The molecular formula is C21H23N3OS. The number of carbonyl (C=O) groups is 1. The third-order valence-electron chi connectivity index (χ3n) is 4.88. The molecule has 1 atom stereocenters. The summed E-state index contributed by atoms with van der Waals surface area (Å²) in [4.78, 5) is 18.5. The van der Waals surface area contributed by atoms with E-state index in [1.54, 1.807) is 0 Å². The van der Waals surface area contributed by atoms with Gasteiger partial charge in [-0.15, -0.1) is 0 Å². The van der Waals surface area contributed by atoms with E-state index in [1.807, 2.05) is 29.1 Å². The molecule has 134 valence electrons. The van der Waals surface area contributed by atoms with Crippen LogP contribution in [0.4, 0.5) is 0 Å². The Bertz CT molecular complexity index is 898. The highest BCUT2D eigenvalue weighted by Crippen LogP contribution is 2.31. The van der Waals surface area contributed by atoms with Crippen LogP contribution in [0, 0.1) is 0 Å². The summed E-state index contributed by atoms with van der Waals surface area (Å²) in [5, 5.41) is 4.13. The van der Waals surface area contributed by atoms with E-state index >= 15 is 0 Å². The lowest BCUT2D eigenvalue weighted by Gasteiger charge is -2.26. The fourth-order valence-electron chi connectivity index (χ4n) is 3.62. The maximum absolute atomic E-state index is 13.1. The van der Waals surface area contributed by atoms with Crippen LogP contribution < -0.4 is 5.32 Å². The molecule has 0 aliphatic heterocycles. The average Bonchev–Trinajstić information content (AvgIpc) is 3.32. The molecule has 26 heavy (non-hydrogen) atoms. The van der Waals surface area contributed by atoms with Crippen molar-refractivity contribution in [3.8, 4) is 5.13 Å². The zero-order chi connectivity index (χ0) is 17.9. The number of rotatable bonds is 5. The Labute approximate surface area is 157 Å². The van der Waals surface area contributed by atoms with Gasteiger partial charge in [0.05, 0.1) is 11.7 Å². The zero-order valence-corrected chi connectivity index (χ0v) is 15.8. The molecule has 2 heterocycles. The summed E-state index contributed by atoms with van der Waals surface area (Å²) >= 11 is 1.47. The molecule has 0 spiro atoms. The van der Waals surface area contributed by atoms with Crippen LogP contribution in [0.3, 0.4) is 0 Å². The highest BCUT2D eigenvalue weighted by molar-refractivity contribution is 7.16. The molecule has 1 aliphatic carbocycles. The molecule has 1 unspecified atom stereocenters. The van der Waals surface area contributed by atoms with Crippen molar-refractivity contribution in [3.63, 3.8) is 0 Å². The Kier molecular flexibility index (Phi) is 4.89. The molecule has 3 aromatic rings. The number of thiazole rings is 1. The minimum Gasteiger partial charge on any atom is -0.344 e. The Hall–Kier alpha value is -2.40. The summed E-state index contributed by atoms with van der Waals surface area (Å²) in [7, 11) is 0. The number of amides is 1. The fourth-order valence-corrected chi connectivity index (χ4v) is 4.61. The van der Waals surface area contributed by atoms with E-state index in [9.17, 15) is 4.79 Å². The molecule has 4 rings (SSSR count). The second-order valence-corrected chi connectivity index (χ2v) is 7.71. The van der Waals surface area contributed by atoms with Crippen molar-refractivity contribution >= 4 is 17.2 Å². The third kappa shape index (κ3) is 3.31. The quantitative estimate of drug-likeness (QED) is 0.713. The number of hydrogen-bond acceptors (Lipinski definition) is 3. The standard InChI is InChI=1S/C21H23N3OS/c1-2-8-18-19(26-21(23-18)24-13-5-6-14-24)20(25)22-17-12-7-10-15-9-3-4-11-16(15)17/h3-6,9,11,13-14,17H,2,7-8,10,12H2,1H3,(H,22,25). The van der Waals surface area contributed by atoms with Crippen LogP contribution in [0.15, 0.2) is 48.8 Å². The number of benzene rings is 1. The van der Waals surface area contributed by atoms with E-state index in [-0.39, 0.29) is 11.9 Å². The highest BCUT2D eigenvalue weighted by Gasteiger charge is 2.25. The van der Waals surface area contributed by atoms with Crippen LogP contribution in [-0.4, -0.2) is 15.5 Å². The molecule has 1 N–H and O–H groups in total. The zero-order valence-electron chi connectivity index (χ0n) is 14.9. The van der Waals surface area contributed by atoms with E-state index < -0.39 is 0 Å². The first-order valence-corrected chi connectivity index (χ1v) is 10.1. The van der Waals surface area contributed by atoms with Gasteiger partial charge in [-0.3, -0.25) is 4.79 Å². The average molecular weight is 366 g/mol. The third-order valence-corrected chi connectivity index (χ3v) is 5.99. The van der Waals surface area contributed by atoms with E-state index in [4.69, 9.17) is 4.98 Å². The maximum Gasteiger partial charge on any atom is 0.263 e. The van der Waals surface area contributed by atoms with Gasteiger partial charge in [0.1, 0.15) is 4.88 Å². The lowest BCUT2D eigenvalue weighted by molar-refractivity contribution is 0.0935. The fraction of sp³-hybridized carbons (Fsp3) is 0.333. The monoisotopic (exact) mass is 365 g/mol. The summed E-state index contributed by atoms with van der Waals surface area (Å²) in [6, 6.07) is 12.5. The van der Waals surface area contributed by atoms with Gasteiger partial charge in [0.15, 0.2) is 5.13 Å². The first-order chi connectivity index (χ1) is 12.8. The van der Waals surface area contributed by atoms with Gasteiger partial charge in [-0.1, -0.05) is 48.9 Å². The number of carbonyl (C=O) groups excluding carboxylic acids is 1. The molecule has 0 bridgehead atoms. The largest absolute Gasteiger partial charge is 0.344 e. The van der Waals surface area contributed by atoms with Gasteiger partial charge in [0.2, 0.25) is 0 Å². The SMILES string of the molecule is CCCc1nc(-n2cccc2)sc1C(=O)NC1CCCc2ccccc21. The minimum absolute atomic E-state index is 0.00561. The smallest absolute Gasteiger partial charge is 0.263 e. The van der Waals surface area contributed by atoms with Crippen LogP contribution in [-0.2, 0) is 12.8 Å². The number of nitrogens with zero attached hydrogens (tertiary/aromatic N) is 2. The molecular weight excluding hydrogens is 342 g/mol. The van der Waals surface area contributed by atoms with Gasteiger partial charge in [-0.25, -0.2) is 4.98 Å². The van der Waals surface area contributed by atoms with E-state index in [0.717, 1.165) is 47.8 Å². The van der Waals surface area contributed by atoms with Gasteiger partial charge >= 0.3 is 0 Å². The van der Waals surface area contributed by atoms with Crippen molar-refractivity contribution in [1.82, 2.24) is 14.9 Å². The van der Waals surface area contributed by atoms with Crippen molar-refractivity contribution in [2.45, 2.75) is 45.1 Å². The summed E-state index contributed by atoms with van der Waals surface area (Å²) in [6.07, 6.45) is 8.93. The van der Waals surface area contributed by atoms with Crippen LogP contribution in [0.2, 0.25) is 0 Å². The Morgan fingerprint density at radius 3 is 2.88 bits per heavy atom. The molecule has 4 nitrogen and oxygen atoms in total. The van der Waals surface area contributed by atoms with E-state index in [0.29, 0.717) is 0 Å². The van der Waals surface area contributed by atoms with Crippen molar-refractivity contribution in [2.24, 2.45) is 0 Å². The lowest BCUT2D eigenvalue weighted by Crippen LogP contribution is -2.31. The second-order valence-electron chi connectivity index (χ2n) is 6.73. The van der Waals surface area contributed by atoms with Gasteiger partial charge in [-0.05, 0) is 48.9 Å². The van der Waals surface area contributed by atoms with Crippen molar-refractivity contribution in [1.29, 1.82) is 0 Å². The number of aryl methyl sites for hydroxylation is 2. The number of fused-ring (bicyclic) bond motifs is 1. The second kappa shape index (κ2) is 7.46. The van der Waals surface area contributed by atoms with Gasteiger partial charge in [0, 0.05) is 12.4 Å². The molecule has 1 aliphatic rings. The normalized spacial score (nSPS) is 16.3. The summed E-state index contributed by atoms with van der Waals surface area (Å²) in [5.74, 6) is 0.00561. The van der Waals surface area contributed by atoms with Crippen molar-refractivity contribution < 1.29 is 4.79 Å². The molecule has 0 saturated heterocycles. The Morgan fingerprint density at radius 1 is 1.27 bits per heavy atom. The minimum atomic E-state index is 0.00561. The topological polar surface area (TPSA) is 46.9 Å². The van der Waals surface area contributed by atoms with E-state index in [1.165, 1.54) is 22.5 Å². The first kappa shape index (κ1) is 17.0. The predicted molar refractivity (Wildman–Crippen MR) is 105 cm³/mol. The van der Waals surface area contributed by atoms with Gasteiger partial charge in [0.25, 0.3) is 5.91 Å². The first-order valence-electron chi connectivity index (χ1n) is 9.28. The Morgan fingerprint density at radius 2 is 2.08 bits per heavy atom. The summed E-state index contributed by atoms with van der Waals surface area (Å²) in [6.45, 7) is 2.12. The lowest BCUT2D eigenvalue weighted by atomic mass is 9.88. The summed E-state index contributed by atoms with van der Waals surface area (Å²) in [5.41, 5.74) is 3.53. The molecule has 0 radical (unpaired) electrons. The number of aromatic nitrogens is 2. The molecule has 1 aromatic carbocycles. The van der Waals surface area contributed by atoms with Gasteiger partial charge in [-0.2, -0.15) is 0 Å². The van der Waals surface area contributed by atoms with Crippen LogP contribution >= 0.6 is 11.3 Å². The highest BCUT2D eigenvalue weighted by atomic mass is 32.1. The molecule has 0 saturated carbocycles. The maximum atomic E-state index is 13.1. The van der Waals surface area contributed by atoms with Crippen molar-refractivity contribution in [2.75, 3.05) is 0 Å². The van der Waals surface area contributed by atoms with Crippen LogP contribution in [0.5, 0.6) is 0 Å². The number of hydrogen-bond donors (Lipinski definition) is 1.